The third-order valence-corrected chi connectivity index (χ3v) is 1.75. The standard InChI is InChI=1S/C10H13F2NO/c1-7(6-14-2)13-10-4-3-8(11)5-9(10)12/h3-5,7,13H,6H2,1-2H3. The molecule has 1 N–H and O–H groups in total. The zero-order valence-corrected chi connectivity index (χ0v) is 8.18. The predicted octanol–water partition coefficient (Wildman–Crippen LogP) is 2.41. The maximum Gasteiger partial charge on any atom is 0.149 e. The van der Waals surface area contributed by atoms with Crippen LogP contribution in [0.5, 0.6) is 0 Å². The molecule has 1 aromatic rings. The average molecular weight is 201 g/mol. The van der Waals surface area contributed by atoms with E-state index in [9.17, 15) is 8.78 Å². The monoisotopic (exact) mass is 201 g/mol. The zero-order chi connectivity index (χ0) is 10.6. The molecule has 0 bridgehead atoms. The Labute approximate surface area is 81.9 Å². The molecule has 2 nitrogen and oxygen atoms in total. The van der Waals surface area contributed by atoms with Crippen molar-refractivity contribution in [1.29, 1.82) is 0 Å². The average Bonchev–Trinajstić information content (AvgIpc) is 2.10. The normalized spacial score (nSPS) is 12.6. The first-order chi connectivity index (χ1) is 6.63. The number of ether oxygens (including phenoxy) is 1. The van der Waals surface area contributed by atoms with E-state index >= 15 is 0 Å². The van der Waals surface area contributed by atoms with Crippen molar-refractivity contribution in [3.63, 3.8) is 0 Å². The van der Waals surface area contributed by atoms with Gasteiger partial charge in [0, 0.05) is 19.2 Å². The highest BCUT2D eigenvalue weighted by Gasteiger charge is 2.06. The third kappa shape index (κ3) is 2.96. The first-order valence-corrected chi connectivity index (χ1v) is 4.34. The van der Waals surface area contributed by atoms with E-state index in [0.29, 0.717) is 6.61 Å². The molecule has 0 aliphatic carbocycles. The topological polar surface area (TPSA) is 21.3 Å². The second-order valence-corrected chi connectivity index (χ2v) is 3.12. The lowest BCUT2D eigenvalue weighted by Gasteiger charge is -2.14. The van der Waals surface area contributed by atoms with Crippen LogP contribution in [0.2, 0.25) is 0 Å². The van der Waals surface area contributed by atoms with E-state index < -0.39 is 11.6 Å². The van der Waals surface area contributed by atoms with Crippen LogP contribution in [0.3, 0.4) is 0 Å². The fourth-order valence-electron chi connectivity index (χ4n) is 1.16. The number of halogens is 2. The van der Waals surface area contributed by atoms with Crippen LogP contribution in [-0.4, -0.2) is 19.8 Å². The molecule has 14 heavy (non-hydrogen) atoms. The van der Waals surface area contributed by atoms with Crippen LogP contribution in [0.25, 0.3) is 0 Å². The van der Waals surface area contributed by atoms with Gasteiger partial charge in [0.05, 0.1) is 12.3 Å². The summed E-state index contributed by atoms with van der Waals surface area (Å²) in [7, 11) is 1.57. The molecule has 1 aromatic carbocycles. The largest absolute Gasteiger partial charge is 0.383 e. The molecule has 0 saturated heterocycles. The fraction of sp³-hybridized carbons (Fsp3) is 0.400. The van der Waals surface area contributed by atoms with Gasteiger partial charge in [0.15, 0.2) is 0 Å². The van der Waals surface area contributed by atoms with Gasteiger partial charge in [-0.1, -0.05) is 0 Å². The summed E-state index contributed by atoms with van der Waals surface area (Å²) in [4.78, 5) is 0. The summed E-state index contributed by atoms with van der Waals surface area (Å²) in [5.41, 5.74) is 0.288. The Morgan fingerprint density at radius 1 is 1.43 bits per heavy atom. The van der Waals surface area contributed by atoms with Crippen molar-refractivity contribution in [2.24, 2.45) is 0 Å². The Morgan fingerprint density at radius 2 is 2.14 bits per heavy atom. The van der Waals surface area contributed by atoms with Crippen LogP contribution in [0.4, 0.5) is 14.5 Å². The number of rotatable bonds is 4. The zero-order valence-electron chi connectivity index (χ0n) is 8.18. The van der Waals surface area contributed by atoms with Crippen molar-refractivity contribution in [2.75, 3.05) is 19.0 Å². The summed E-state index contributed by atoms with van der Waals surface area (Å²) in [6, 6.07) is 3.42. The van der Waals surface area contributed by atoms with Gasteiger partial charge in [-0.15, -0.1) is 0 Å². The van der Waals surface area contributed by atoms with Crippen molar-refractivity contribution >= 4 is 5.69 Å². The van der Waals surface area contributed by atoms with Gasteiger partial charge in [-0.3, -0.25) is 0 Å². The summed E-state index contributed by atoms with van der Waals surface area (Å²) in [6.45, 7) is 2.32. The molecule has 0 fully saturated rings. The van der Waals surface area contributed by atoms with E-state index in [2.05, 4.69) is 5.32 Å². The fourth-order valence-corrected chi connectivity index (χ4v) is 1.16. The lowest BCUT2D eigenvalue weighted by atomic mass is 10.2. The Morgan fingerprint density at radius 3 is 2.71 bits per heavy atom. The summed E-state index contributed by atoms with van der Waals surface area (Å²) < 4.78 is 30.5. The number of anilines is 1. The molecule has 0 aromatic heterocycles. The quantitative estimate of drug-likeness (QED) is 0.807. The van der Waals surface area contributed by atoms with Gasteiger partial charge >= 0.3 is 0 Å². The molecule has 1 rings (SSSR count). The highest BCUT2D eigenvalue weighted by atomic mass is 19.1. The molecule has 0 radical (unpaired) electrons. The molecule has 0 aliphatic rings. The second kappa shape index (κ2) is 4.91. The highest BCUT2D eigenvalue weighted by Crippen LogP contribution is 2.15. The number of hydrogen-bond donors (Lipinski definition) is 1. The molecule has 0 saturated carbocycles. The molecule has 1 unspecified atom stereocenters. The summed E-state index contributed by atoms with van der Waals surface area (Å²) >= 11 is 0. The van der Waals surface area contributed by atoms with Crippen molar-refractivity contribution in [3.05, 3.63) is 29.8 Å². The molecular formula is C10H13F2NO. The molecular weight excluding hydrogens is 188 g/mol. The number of methoxy groups -OCH3 is 1. The van der Waals surface area contributed by atoms with Crippen LogP contribution in [0.1, 0.15) is 6.92 Å². The van der Waals surface area contributed by atoms with Crippen molar-refractivity contribution < 1.29 is 13.5 Å². The first-order valence-electron chi connectivity index (χ1n) is 4.34. The molecule has 0 amide bonds. The predicted molar refractivity (Wildman–Crippen MR) is 51.3 cm³/mol. The van der Waals surface area contributed by atoms with Gasteiger partial charge in [0.25, 0.3) is 0 Å². The van der Waals surface area contributed by atoms with E-state index in [1.807, 2.05) is 6.92 Å². The maximum absolute atomic E-state index is 13.1. The van der Waals surface area contributed by atoms with E-state index in [1.54, 1.807) is 7.11 Å². The van der Waals surface area contributed by atoms with Gasteiger partial charge in [-0.05, 0) is 19.1 Å². The highest BCUT2D eigenvalue weighted by molar-refractivity contribution is 5.45. The van der Waals surface area contributed by atoms with Crippen molar-refractivity contribution in [1.82, 2.24) is 0 Å². The number of hydrogen-bond acceptors (Lipinski definition) is 2. The third-order valence-electron chi connectivity index (χ3n) is 1.75. The van der Waals surface area contributed by atoms with E-state index in [4.69, 9.17) is 4.74 Å². The van der Waals surface area contributed by atoms with Crippen LogP contribution in [0.15, 0.2) is 18.2 Å². The summed E-state index contributed by atoms with van der Waals surface area (Å²) in [5.74, 6) is -1.17. The lowest BCUT2D eigenvalue weighted by Crippen LogP contribution is -2.21. The van der Waals surface area contributed by atoms with Gasteiger partial charge < -0.3 is 10.1 Å². The Kier molecular flexibility index (Phi) is 3.83. The van der Waals surface area contributed by atoms with E-state index in [-0.39, 0.29) is 11.7 Å². The van der Waals surface area contributed by atoms with Crippen molar-refractivity contribution in [3.8, 4) is 0 Å². The number of benzene rings is 1. The molecule has 78 valence electrons. The summed E-state index contributed by atoms with van der Waals surface area (Å²) in [6.07, 6.45) is 0. The molecule has 0 heterocycles. The Hall–Kier alpha value is -1.16. The SMILES string of the molecule is COCC(C)Nc1ccc(F)cc1F. The Balaban J connectivity index is 2.67. The van der Waals surface area contributed by atoms with Gasteiger partial charge in [-0.2, -0.15) is 0 Å². The minimum absolute atomic E-state index is 0.0139. The van der Waals surface area contributed by atoms with E-state index in [0.717, 1.165) is 6.07 Å². The van der Waals surface area contributed by atoms with E-state index in [1.165, 1.54) is 12.1 Å². The van der Waals surface area contributed by atoms with Gasteiger partial charge in [0.1, 0.15) is 11.6 Å². The maximum atomic E-state index is 13.1. The lowest BCUT2D eigenvalue weighted by molar-refractivity contribution is 0.190. The minimum atomic E-state index is -0.590. The van der Waals surface area contributed by atoms with Crippen LogP contribution in [0, 0.1) is 11.6 Å². The molecule has 1 atom stereocenters. The minimum Gasteiger partial charge on any atom is -0.383 e. The van der Waals surface area contributed by atoms with Crippen LogP contribution >= 0.6 is 0 Å². The van der Waals surface area contributed by atoms with Crippen LogP contribution in [-0.2, 0) is 4.74 Å². The Bertz CT molecular complexity index is 304. The van der Waals surface area contributed by atoms with Crippen LogP contribution < -0.4 is 5.32 Å². The van der Waals surface area contributed by atoms with Crippen molar-refractivity contribution in [2.45, 2.75) is 13.0 Å². The second-order valence-electron chi connectivity index (χ2n) is 3.12. The summed E-state index contributed by atoms with van der Waals surface area (Å²) in [5, 5.41) is 2.87. The molecule has 0 aliphatic heterocycles. The smallest absolute Gasteiger partial charge is 0.149 e. The van der Waals surface area contributed by atoms with Gasteiger partial charge in [-0.25, -0.2) is 8.78 Å². The molecule has 4 heteroatoms. The number of nitrogens with one attached hydrogen (secondary N) is 1. The first kappa shape index (κ1) is 10.9. The van der Waals surface area contributed by atoms with Gasteiger partial charge in [0.2, 0.25) is 0 Å². The molecule has 0 spiro atoms.